The van der Waals surface area contributed by atoms with Crippen molar-refractivity contribution in [2.24, 2.45) is 11.8 Å². The quantitative estimate of drug-likeness (QED) is 0.829. The van der Waals surface area contributed by atoms with Gasteiger partial charge in [0, 0.05) is 36.8 Å². The Balaban J connectivity index is 1.36. The van der Waals surface area contributed by atoms with Gasteiger partial charge in [0.15, 0.2) is 5.78 Å². The number of amides is 1. The minimum absolute atomic E-state index is 0.122. The second-order valence-corrected chi connectivity index (χ2v) is 7.60. The van der Waals surface area contributed by atoms with Crippen molar-refractivity contribution in [1.29, 1.82) is 0 Å². The molecule has 1 aliphatic heterocycles. The Morgan fingerprint density at radius 2 is 2.20 bits per heavy atom. The first-order valence-electron chi connectivity index (χ1n) is 8.75. The van der Waals surface area contributed by atoms with Crippen LogP contribution in [0.1, 0.15) is 24.8 Å². The Labute approximate surface area is 151 Å². The average Bonchev–Trinajstić information content (AvgIpc) is 3.19. The number of anilines is 2. The zero-order valence-corrected chi connectivity index (χ0v) is 14.8. The van der Waals surface area contributed by atoms with Gasteiger partial charge in [0.25, 0.3) is 0 Å². The van der Waals surface area contributed by atoms with E-state index >= 15 is 0 Å². The zero-order valence-electron chi connectivity index (χ0n) is 14.0. The number of Topliss-reactive ketones (excluding diaryl/α,β-unsaturated/α-hetero) is 1. The van der Waals surface area contributed by atoms with E-state index in [1.807, 2.05) is 33.9 Å². The summed E-state index contributed by atoms with van der Waals surface area (Å²) >= 11 is 1.60. The number of nitrogens with one attached hydrogen (secondary N) is 1. The van der Waals surface area contributed by atoms with Crippen LogP contribution >= 0.6 is 11.3 Å². The van der Waals surface area contributed by atoms with Crippen LogP contribution < -0.4 is 10.2 Å². The minimum atomic E-state index is 0.122. The molecule has 130 valence electrons. The van der Waals surface area contributed by atoms with Gasteiger partial charge in [0.2, 0.25) is 5.91 Å². The van der Waals surface area contributed by atoms with Gasteiger partial charge in [-0.15, -0.1) is 0 Å². The fourth-order valence-corrected chi connectivity index (χ4v) is 4.12. The van der Waals surface area contributed by atoms with E-state index < -0.39 is 0 Å². The van der Waals surface area contributed by atoms with Crippen molar-refractivity contribution >= 4 is 34.5 Å². The third-order valence-corrected chi connectivity index (χ3v) is 5.67. The maximum absolute atomic E-state index is 12.6. The van der Waals surface area contributed by atoms with E-state index in [0.717, 1.165) is 24.2 Å². The second-order valence-electron chi connectivity index (χ2n) is 6.82. The minimum Gasteiger partial charge on any atom is -0.363 e. The van der Waals surface area contributed by atoms with Crippen molar-refractivity contribution in [1.82, 2.24) is 4.98 Å². The summed E-state index contributed by atoms with van der Waals surface area (Å²) in [5, 5.41) is 7.05. The monoisotopic (exact) mass is 355 g/mol. The summed E-state index contributed by atoms with van der Waals surface area (Å²) in [5.74, 6) is 1.81. The molecule has 1 saturated heterocycles. The molecular weight excluding hydrogens is 334 g/mol. The van der Waals surface area contributed by atoms with Gasteiger partial charge < -0.3 is 10.2 Å². The Bertz CT molecular complexity index is 771. The van der Waals surface area contributed by atoms with E-state index in [1.54, 1.807) is 17.5 Å². The molecule has 3 heterocycles. The molecule has 1 unspecified atom stereocenters. The molecule has 1 amide bonds. The van der Waals surface area contributed by atoms with Crippen molar-refractivity contribution in [2.75, 3.05) is 23.3 Å². The molecule has 1 atom stereocenters. The lowest BCUT2D eigenvalue weighted by molar-refractivity contribution is -0.121. The van der Waals surface area contributed by atoms with E-state index in [-0.39, 0.29) is 24.2 Å². The van der Waals surface area contributed by atoms with Crippen molar-refractivity contribution in [3.05, 3.63) is 40.7 Å². The first-order valence-corrected chi connectivity index (χ1v) is 9.69. The highest BCUT2D eigenvalue weighted by atomic mass is 32.1. The summed E-state index contributed by atoms with van der Waals surface area (Å²) < 4.78 is 0. The van der Waals surface area contributed by atoms with Crippen LogP contribution in [0.5, 0.6) is 0 Å². The number of hydrogen-bond donors (Lipinski definition) is 1. The lowest BCUT2D eigenvalue weighted by Gasteiger charge is -2.17. The normalized spacial score (nSPS) is 20.1. The van der Waals surface area contributed by atoms with Crippen LogP contribution in [-0.4, -0.2) is 29.8 Å². The Morgan fingerprint density at radius 1 is 1.32 bits per heavy atom. The van der Waals surface area contributed by atoms with Crippen LogP contribution in [0.4, 0.5) is 11.5 Å². The number of pyridine rings is 1. The first-order chi connectivity index (χ1) is 12.2. The Hall–Kier alpha value is -2.21. The molecule has 1 aliphatic carbocycles. The predicted molar refractivity (Wildman–Crippen MR) is 98.9 cm³/mol. The van der Waals surface area contributed by atoms with Gasteiger partial charge in [0.05, 0.1) is 6.54 Å². The van der Waals surface area contributed by atoms with Gasteiger partial charge in [-0.2, -0.15) is 11.3 Å². The molecule has 0 aromatic carbocycles. The molecule has 6 heteroatoms. The van der Waals surface area contributed by atoms with E-state index in [9.17, 15) is 9.59 Å². The number of thiophene rings is 1. The van der Waals surface area contributed by atoms with Crippen LogP contribution in [0.3, 0.4) is 0 Å². The van der Waals surface area contributed by atoms with Crippen LogP contribution in [-0.2, 0) is 16.0 Å². The van der Waals surface area contributed by atoms with Gasteiger partial charge in [0.1, 0.15) is 5.82 Å². The second kappa shape index (κ2) is 6.96. The van der Waals surface area contributed by atoms with E-state index in [0.29, 0.717) is 18.2 Å². The third-order valence-electron chi connectivity index (χ3n) is 4.94. The van der Waals surface area contributed by atoms with Crippen molar-refractivity contribution in [2.45, 2.75) is 25.7 Å². The maximum Gasteiger partial charge on any atom is 0.230 e. The average molecular weight is 355 g/mol. The van der Waals surface area contributed by atoms with Gasteiger partial charge in [-0.3, -0.25) is 9.59 Å². The largest absolute Gasteiger partial charge is 0.363 e. The number of hydrogen-bond acceptors (Lipinski definition) is 5. The number of aromatic nitrogens is 1. The number of ketones is 1. The molecule has 25 heavy (non-hydrogen) atoms. The molecule has 2 aromatic heterocycles. The molecule has 0 spiro atoms. The number of carbonyl (C=O) groups excluding carboxylic acids is 2. The topological polar surface area (TPSA) is 62.3 Å². The predicted octanol–water partition coefficient (Wildman–Crippen LogP) is 3.13. The summed E-state index contributed by atoms with van der Waals surface area (Å²) in [5.41, 5.74) is 1.92. The smallest absolute Gasteiger partial charge is 0.230 e. The Kier molecular flexibility index (Phi) is 4.53. The summed E-state index contributed by atoms with van der Waals surface area (Å²) in [7, 11) is 0. The summed E-state index contributed by atoms with van der Waals surface area (Å²) in [6, 6.07) is 5.70. The van der Waals surface area contributed by atoms with E-state index in [4.69, 9.17) is 0 Å². The van der Waals surface area contributed by atoms with Crippen molar-refractivity contribution in [3.8, 4) is 0 Å². The first kappa shape index (κ1) is 16.3. The lowest BCUT2D eigenvalue weighted by atomic mass is 10.0. The summed E-state index contributed by atoms with van der Waals surface area (Å²) in [4.78, 5) is 30.8. The highest BCUT2D eigenvalue weighted by Gasteiger charge is 2.42. The summed E-state index contributed by atoms with van der Waals surface area (Å²) in [6.07, 6.45) is 5.47. The Morgan fingerprint density at radius 3 is 2.96 bits per heavy atom. The fourth-order valence-electron chi connectivity index (χ4n) is 3.45. The zero-order chi connectivity index (χ0) is 17.2. The molecule has 1 saturated carbocycles. The van der Waals surface area contributed by atoms with Gasteiger partial charge in [-0.25, -0.2) is 4.98 Å². The number of nitrogens with zero attached hydrogens (tertiary/aromatic N) is 2. The molecule has 5 nitrogen and oxygen atoms in total. The SMILES string of the molecule is O=C(CNc1cc(N2CCC(C3CC3)C2=O)ccn1)Cc1ccsc1. The third kappa shape index (κ3) is 3.74. The number of rotatable bonds is 7. The van der Waals surface area contributed by atoms with Crippen molar-refractivity contribution < 1.29 is 9.59 Å². The molecular formula is C19H21N3O2S. The molecule has 0 radical (unpaired) electrons. The fraction of sp³-hybridized carbons (Fsp3) is 0.421. The van der Waals surface area contributed by atoms with Crippen LogP contribution in [0, 0.1) is 11.8 Å². The molecule has 0 bridgehead atoms. The van der Waals surface area contributed by atoms with Crippen molar-refractivity contribution in [3.63, 3.8) is 0 Å². The highest BCUT2D eigenvalue weighted by molar-refractivity contribution is 7.08. The lowest BCUT2D eigenvalue weighted by Crippen LogP contribution is -2.27. The molecule has 4 rings (SSSR count). The summed E-state index contributed by atoms with van der Waals surface area (Å²) in [6.45, 7) is 1.02. The van der Waals surface area contributed by atoms with E-state index in [1.165, 1.54) is 12.8 Å². The highest BCUT2D eigenvalue weighted by Crippen LogP contribution is 2.42. The van der Waals surface area contributed by atoms with Gasteiger partial charge in [-0.05, 0) is 53.6 Å². The van der Waals surface area contributed by atoms with Gasteiger partial charge in [-0.1, -0.05) is 0 Å². The van der Waals surface area contributed by atoms with Crippen LogP contribution in [0.25, 0.3) is 0 Å². The van der Waals surface area contributed by atoms with Crippen LogP contribution in [0.2, 0.25) is 0 Å². The standard InChI is InChI=1S/C19H21N3O2S/c23-16(9-13-5-8-25-12-13)11-21-18-10-15(3-6-20-18)22-7-4-17(19(22)24)14-1-2-14/h3,5-6,8,10,12,14,17H,1-2,4,7,9,11H2,(H,20,21). The molecule has 2 aromatic rings. The van der Waals surface area contributed by atoms with Gasteiger partial charge >= 0.3 is 0 Å². The molecule has 2 aliphatic rings. The maximum atomic E-state index is 12.6. The van der Waals surface area contributed by atoms with Crippen LogP contribution in [0.15, 0.2) is 35.2 Å². The molecule has 2 fully saturated rings. The number of carbonyl (C=O) groups is 2. The molecule has 1 N–H and O–H groups in total. The van der Waals surface area contributed by atoms with E-state index in [2.05, 4.69) is 10.3 Å².